The van der Waals surface area contributed by atoms with Crippen LogP contribution >= 0.6 is 0 Å². The van der Waals surface area contributed by atoms with E-state index in [-0.39, 0.29) is 39.0 Å². The van der Waals surface area contributed by atoms with Crippen molar-refractivity contribution in [1.82, 2.24) is 4.90 Å². The number of rotatable bonds is 10. The maximum atomic E-state index is 14.2. The average molecular weight is 719 g/mol. The van der Waals surface area contributed by atoms with E-state index in [1.807, 2.05) is 18.2 Å². The summed E-state index contributed by atoms with van der Waals surface area (Å²) in [5.74, 6) is -3.11. The molecule has 6 amide bonds. The van der Waals surface area contributed by atoms with Crippen LogP contribution in [-0.2, 0) is 0 Å². The fraction of sp³-hybridized carbons (Fsp3) is 0.273. The van der Waals surface area contributed by atoms with Gasteiger partial charge in [0.25, 0.3) is 35.4 Å². The molecule has 4 aliphatic rings. The predicted octanol–water partition coefficient (Wildman–Crippen LogP) is 8.15. The molecule has 10 nitrogen and oxygen atoms in total. The first-order valence-electron chi connectivity index (χ1n) is 18.9. The number of unbranched alkanes of at least 4 members (excludes halogenated alkanes) is 5. The molecule has 4 aliphatic heterocycles. The Morgan fingerprint density at radius 2 is 0.944 bits per heavy atom. The summed E-state index contributed by atoms with van der Waals surface area (Å²) >= 11 is 0. The van der Waals surface area contributed by atoms with Crippen LogP contribution in [-0.4, -0.2) is 60.0 Å². The monoisotopic (exact) mass is 718 g/mol. The number of amides is 6. The van der Waals surface area contributed by atoms with E-state index in [9.17, 15) is 28.8 Å². The standard InChI is InChI=1S/C44H38N4O6/c1-2-3-4-5-6-7-24-46-39(49)31-16-18-33-38-34(19-17-32(37(31)38)40(46)50)44(54)48(43(33)53)27-13-10-12-26(25-27)47-41(51)29-15-11-14-28-35(45-22-8-9-23-45)21-20-30(36(28)29)42(47)52/h10-21,25H,2-9,22-24H2,1H3. The van der Waals surface area contributed by atoms with E-state index in [2.05, 4.69) is 11.8 Å². The van der Waals surface area contributed by atoms with E-state index in [1.54, 1.807) is 54.6 Å². The molecule has 0 unspecified atom stereocenters. The van der Waals surface area contributed by atoms with Crippen molar-refractivity contribution in [3.8, 4) is 0 Å². The highest BCUT2D eigenvalue weighted by Crippen LogP contribution is 2.42. The Balaban J connectivity index is 1.04. The van der Waals surface area contributed by atoms with Crippen molar-refractivity contribution < 1.29 is 28.8 Å². The minimum Gasteiger partial charge on any atom is -0.371 e. The summed E-state index contributed by atoms with van der Waals surface area (Å²) < 4.78 is 0. The van der Waals surface area contributed by atoms with Gasteiger partial charge >= 0.3 is 0 Å². The van der Waals surface area contributed by atoms with E-state index in [4.69, 9.17) is 0 Å². The molecular formula is C44H38N4O6. The van der Waals surface area contributed by atoms with E-state index in [1.165, 1.54) is 11.0 Å². The molecule has 0 aliphatic carbocycles. The third kappa shape index (κ3) is 4.99. The molecular weight excluding hydrogens is 681 g/mol. The normalized spacial score (nSPS) is 16.5. The number of hydrogen-bond acceptors (Lipinski definition) is 7. The zero-order valence-electron chi connectivity index (χ0n) is 30.0. The third-order valence-corrected chi connectivity index (χ3v) is 11.4. The lowest BCUT2D eigenvalue weighted by Crippen LogP contribution is -2.44. The SMILES string of the molecule is CCCCCCCCN1C(=O)c2ccc3c4c(ccc(c24)C1=O)C(=O)N(c1cccc(N2C(=O)c4cccc5c(N6CCCC6)ccc(c45)C2=O)c1)C3=O. The molecule has 1 saturated heterocycles. The van der Waals surface area contributed by atoms with Crippen LogP contribution in [0.5, 0.6) is 0 Å². The number of carbonyl (C=O) groups is 6. The van der Waals surface area contributed by atoms with Gasteiger partial charge < -0.3 is 4.90 Å². The minimum absolute atomic E-state index is 0.174. The lowest BCUT2D eigenvalue weighted by Gasteiger charge is -2.32. The van der Waals surface area contributed by atoms with E-state index < -0.39 is 35.4 Å². The van der Waals surface area contributed by atoms with Gasteiger partial charge in [0, 0.05) is 80.2 Å². The van der Waals surface area contributed by atoms with Crippen LogP contribution in [0.3, 0.4) is 0 Å². The lowest BCUT2D eigenvalue weighted by atomic mass is 9.85. The fourth-order valence-electron chi connectivity index (χ4n) is 8.73. The van der Waals surface area contributed by atoms with E-state index in [0.29, 0.717) is 34.9 Å². The van der Waals surface area contributed by atoms with Crippen molar-refractivity contribution in [3.63, 3.8) is 0 Å². The molecule has 10 heteroatoms. The van der Waals surface area contributed by atoms with Crippen LogP contribution < -0.4 is 14.7 Å². The average Bonchev–Trinajstić information content (AvgIpc) is 3.73. The number of anilines is 3. The van der Waals surface area contributed by atoms with Crippen LogP contribution in [0.25, 0.3) is 21.5 Å². The van der Waals surface area contributed by atoms with Gasteiger partial charge in [-0.3, -0.25) is 33.7 Å². The Hall–Kier alpha value is -6.16. The molecule has 0 aromatic heterocycles. The fourth-order valence-corrected chi connectivity index (χ4v) is 8.73. The second kappa shape index (κ2) is 13.1. The molecule has 270 valence electrons. The molecule has 5 aromatic rings. The summed E-state index contributed by atoms with van der Waals surface area (Å²) in [4.78, 5) is 89.8. The lowest BCUT2D eigenvalue weighted by molar-refractivity contribution is 0.0605. The van der Waals surface area contributed by atoms with Crippen LogP contribution in [0.1, 0.15) is 120 Å². The number of nitrogens with zero attached hydrogens (tertiary/aromatic N) is 4. The number of hydrogen-bond donors (Lipinski definition) is 0. The van der Waals surface area contributed by atoms with Crippen molar-refractivity contribution in [2.24, 2.45) is 0 Å². The second-order valence-electron chi connectivity index (χ2n) is 14.6. The van der Waals surface area contributed by atoms with Gasteiger partial charge in [-0.1, -0.05) is 57.2 Å². The molecule has 0 spiro atoms. The Morgan fingerprint density at radius 1 is 0.481 bits per heavy atom. The molecule has 5 aromatic carbocycles. The van der Waals surface area contributed by atoms with Gasteiger partial charge in [0.15, 0.2) is 0 Å². The van der Waals surface area contributed by atoms with Crippen LogP contribution in [0.4, 0.5) is 17.1 Å². The summed E-state index contributed by atoms with van der Waals surface area (Å²) in [6.07, 6.45) is 8.26. The maximum absolute atomic E-state index is 14.2. The minimum atomic E-state index is -0.636. The highest BCUT2D eigenvalue weighted by molar-refractivity contribution is 6.40. The van der Waals surface area contributed by atoms with E-state index in [0.717, 1.165) is 78.9 Å². The topological polar surface area (TPSA) is 115 Å². The first kappa shape index (κ1) is 33.7. The Morgan fingerprint density at radius 3 is 1.52 bits per heavy atom. The van der Waals surface area contributed by atoms with Gasteiger partial charge in [-0.15, -0.1) is 0 Å². The number of imide groups is 3. The molecule has 54 heavy (non-hydrogen) atoms. The zero-order chi connectivity index (χ0) is 37.2. The van der Waals surface area contributed by atoms with Crippen molar-refractivity contribution in [3.05, 3.63) is 112 Å². The molecule has 4 heterocycles. The van der Waals surface area contributed by atoms with Crippen molar-refractivity contribution in [2.45, 2.75) is 58.3 Å². The van der Waals surface area contributed by atoms with Gasteiger partial charge in [-0.2, -0.15) is 0 Å². The van der Waals surface area contributed by atoms with Gasteiger partial charge in [0.2, 0.25) is 0 Å². The quantitative estimate of drug-likeness (QED) is 0.106. The van der Waals surface area contributed by atoms with Crippen molar-refractivity contribution in [1.29, 1.82) is 0 Å². The summed E-state index contributed by atoms with van der Waals surface area (Å²) in [6.45, 7) is 4.30. The predicted molar refractivity (Wildman–Crippen MR) is 207 cm³/mol. The molecule has 0 atom stereocenters. The first-order chi connectivity index (χ1) is 26.3. The van der Waals surface area contributed by atoms with Gasteiger partial charge in [0.05, 0.1) is 11.4 Å². The highest BCUT2D eigenvalue weighted by Gasteiger charge is 2.41. The number of carbonyl (C=O) groups excluding carboxylic acids is 6. The zero-order valence-corrected chi connectivity index (χ0v) is 30.0. The first-order valence-corrected chi connectivity index (χ1v) is 18.9. The Bertz CT molecular complexity index is 2410. The molecule has 0 saturated carbocycles. The molecule has 1 fully saturated rings. The van der Waals surface area contributed by atoms with Crippen LogP contribution in [0, 0.1) is 0 Å². The second-order valence-corrected chi connectivity index (χ2v) is 14.6. The third-order valence-electron chi connectivity index (χ3n) is 11.4. The Labute approximate surface area is 311 Å². The summed E-state index contributed by atoms with van der Waals surface area (Å²) in [5.41, 5.74) is 3.14. The highest BCUT2D eigenvalue weighted by atomic mass is 16.2. The largest absolute Gasteiger partial charge is 0.371 e. The number of benzene rings is 5. The molecule has 0 radical (unpaired) electrons. The van der Waals surface area contributed by atoms with Crippen molar-refractivity contribution in [2.75, 3.05) is 34.3 Å². The maximum Gasteiger partial charge on any atom is 0.265 e. The van der Waals surface area contributed by atoms with Gasteiger partial charge in [-0.05, 0) is 79.9 Å². The molecule has 0 N–H and O–H groups in total. The van der Waals surface area contributed by atoms with Crippen LogP contribution in [0.15, 0.2) is 78.9 Å². The molecule has 9 rings (SSSR count). The van der Waals surface area contributed by atoms with Crippen LogP contribution in [0.2, 0.25) is 0 Å². The summed E-state index contributed by atoms with van der Waals surface area (Å²) in [6, 6.07) is 21.7. The molecule has 0 bridgehead atoms. The Kier molecular flexibility index (Phi) is 8.14. The van der Waals surface area contributed by atoms with Gasteiger partial charge in [-0.25, -0.2) is 9.80 Å². The smallest absolute Gasteiger partial charge is 0.265 e. The summed E-state index contributed by atoms with van der Waals surface area (Å²) in [5, 5.41) is 2.09. The summed E-state index contributed by atoms with van der Waals surface area (Å²) in [7, 11) is 0. The van der Waals surface area contributed by atoms with Crippen molar-refractivity contribution >= 4 is 74.1 Å². The van der Waals surface area contributed by atoms with E-state index >= 15 is 0 Å². The van der Waals surface area contributed by atoms with Gasteiger partial charge in [0.1, 0.15) is 0 Å².